The van der Waals surface area contributed by atoms with E-state index in [1.165, 1.54) is 0 Å². The first-order valence-corrected chi connectivity index (χ1v) is 7.10. The van der Waals surface area contributed by atoms with Crippen LogP contribution in [0.2, 0.25) is 5.02 Å². The fourth-order valence-electron chi connectivity index (χ4n) is 1.95. The average molecular weight is 341 g/mol. The summed E-state index contributed by atoms with van der Waals surface area (Å²) < 4.78 is 2.70. The van der Waals surface area contributed by atoms with Crippen molar-refractivity contribution in [2.75, 3.05) is 5.32 Å². The molecule has 6 heteroatoms. The van der Waals surface area contributed by atoms with Crippen molar-refractivity contribution in [1.29, 1.82) is 0 Å². The molecule has 19 heavy (non-hydrogen) atoms. The molecule has 1 fully saturated rings. The van der Waals surface area contributed by atoms with Gasteiger partial charge in [0.1, 0.15) is 5.69 Å². The Kier molecular flexibility index (Phi) is 3.33. The summed E-state index contributed by atoms with van der Waals surface area (Å²) in [6.07, 6.45) is 7.29. The maximum atomic E-state index is 12.3. The first-order valence-electron chi connectivity index (χ1n) is 5.93. The lowest BCUT2D eigenvalue weighted by molar-refractivity contribution is 0.101. The van der Waals surface area contributed by atoms with E-state index in [1.54, 1.807) is 24.5 Å². The Morgan fingerprint density at radius 3 is 3.00 bits per heavy atom. The molecule has 1 N–H and O–H groups in total. The average Bonchev–Trinajstić information content (AvgIpc) is 3.15. The molecule has 2 aromatic heterocycles. The van der Waals surface area contributed by atoms with Gasteiger partial charge in [-0.15, -0.1) is 0 Å². The molecule has 0 aromatic carbocycles. The molecule has 98 valence electrons. The highest BCUT2D eigenvalue weighted by atomic mass is 79.9. The molecule has 0 saturated heterocycles. The van der Waals surface area contributed by atoms with E-state index >= 15 is 0 Å². The quantitative estimate of drug-likeness (QED) is 0.921. The molecule has 4 nitrogen and oxygen atoms in total. The van der Waals surface area contributed by atoms with E-state index in [0.29, 0.717) is 22.4 Å². The summed E-state index contributed by atoms with van der Waals surface area (Å²) >= 11 is 9.35. The van der Waals surface area contributed by atoms with Crippen LogP contribution in [0.3, 0.4) is 0 Å². The molecule has 2 heterocycles. The molecule has 2 aromatic rings. The van der Waals surface area contributed by atoms with Gasteiger partial charge in [0, 0.05) is 24.6 Å². The molecule has 0 spiro atoms. The number of rotatable bonds is 3. The van der Waals surface area contributed by atoms with Gasteiger partial charge in [-0.1, -0.05) is 11.6 Å². The van der Waals surface area contributed by atoms with Crippen LogP contribution >= 0.6 is 27.5 Å². The number of nitrogens with zero attached hydrogens (tertiary/aromatic N) is 2. The minimum absolute atomic E-state index is 0.161. The van der Waals surface area contributed by atoms with Gasteiger partial charge >= 0.3 is 0 Å². The van der Waals surface area contributed by atoms with Gasteiger partial charge < -0.3 is 9.88 Å². The number of carbonyl (C=O) groups is 1. The summed E-state index contributed by atoms with van der Waals surface area (Å²) in [5.41, 5.74) is 1.29. The summed E-state index contributed by atoms with van der Waals surface area (Å²) in [6.45, 7) is 0. The molecule has 0 unspecified atom stereocenters. The third kappa shape index (κ3) is 2.67. The lowest BCUT2D eigenvalue weighted by atomic mass is 10.3. The highest BCUT2D eigenvalue weighted by Gasteiger charge is 2.28. The molecule has 0 bridgehead atoms. The van der Waals surface area contributed by atoms with Crippen LogP contribution in [0.4, 0.5) is 5.69 Å². The smallest absolute Gasteiger partial charge is 0.272 e. The maximum Gasteiger partial charge on any atom is 0.272 e. The second kappa shape index (κ2) is 4.98. The molecule has 0 radical (unpaired) electrons. The number of amides is 1. The molecule has 0 atom stereocenters. The summed E-state index contributed by atoms with van der Waals surface area (Å²) in [4.78, 5) is 16.3. The van der Waals surface area contributed by atoms with Gasteiger partial charge in [0.05, 0.1) is 15.2 Å². The molecule has 0 aliphatic heterocycles. The molecular formula is C13H11BrClN3O. The number of hydrogen-bond donors (Lipinski definition) is 1. The van der Waals surface area contributed by atoms with Crippen LogP contribution in [-0.4, -0.2) is 15.5 Å². The predicted molar refractivity (Wildman–Crippen MR) is 77.6 cm³/mol. The number of anilines is 1. The van der Waals surface area contributed by atoms with E-state index in [-0.39, 0.29) is 5.91 Å². The lowest BCUT2D eigenvalue weighted by Crippen LogP contribution is -2.16. The van der Waals surface area contributed by atoms with Crippen molar-refractivity contribution in [3.05, 3.63) is 45.9 Å². The SMILES string of the molecule is O=C(Nc1ccncc1Br)c1cc(Cl)cn1C1CC1. The van der Waals surface area contributed by atoms with Gasteiger partial charge in [0.25, 0.3) is 5.91 Å². The molecule has 1 saturated carbocycles. The largest absolute Gasteiger partial charge is 0.339 e. The Morgan fingerprint density at radius 2 is 2.32 bits per heavy atom. The predicted octanol–water partition coefficient (Wildman–Crippen LogP) is 3.89. The Morgan fingerprint density at radius 1 is 1.53 bits per heavy atom. The van der Waals surface area contributed by atoms with E-state index in [0.717, 1.165) is 17.3 Å². The van der Waals surface area contributed by atoms with Crippen LogP contribution in [0.25, 0.3) is 0 Å². The van der Waals surface area contributed by atoms with Crippen molar-refractivity contribution < 1.29 is 4.79 Å². The molecule has 1 aliphatic rings. The van der Waals surface area contributed by atoms with Crippen molar-refractivity contribution >= 4 is 39.1 Å². The third-order valence-corrected chi connectivity index (χ3v) is 3.85. The first kappa shape index (κ1) is 12.7. The van der Waals surface area contributed by atoms with E-state index in [1.807, 2.05) is 10.8 Å². The lowest BCUT2D eigenvalue weighted by Gasteiger charge is -2.09. The standard InChI is InChI=1S/C13H11BrClN3O/c14-10-6-16-4-3-11(10)17-13(19)12-5-8(15)7-18(12)9-1-2-9/h3-7,9H,1-2H2,(H,16,17,19). The minimum Gasteiger partial charge on any atom is -0.339 e. The van der Waals surface area contributed by atoms with E-state index in [2.05, 4.69) is 26.2 Å². The van der Waals surface area contributed by atoms with Crippen LogP contribution in [0.1, 0.15) is 29.4 Å². The van der Waals surface area contributed by atoms with Crippen molar-refractivity contribution in [1.82, 2.24) is 9.55 Å². The van der Waals surface area contributed by atoms with Crippen LogP contribution in [0.5, 0.6) is 0 Å². The second-order valence-electron chi connectivity index (χ2n) is 4.49. The normalized spacial score (nSPS) is 14.4. The number of aromatic nitrogens is 2. The Balaban J connectivity index is 1.86. The summed E-state index contributed by atoms with van der Waals surface area (Å²) in [5, 5.41) is 3.45. The van der Waals surface area contributed by atoms with Crippen molar-refractivity contribution in [2.24, 2.45) is 0 Å². The van der Waals surface area contributed by atoms with Gasteiger partial charge in [-0.25, -0.2) is 0 Å². The molecule has 3 rings (SSSR count). The van der Waals surface area contributed by atoms with Gasteiger partial charge in [-0.3, -0.25) is 9.78 Å². The number of nitrogens with one attached hydrogen (secondary N) is 1. The van der Waals surface area contributed by atoms with Crippen LogP contribution in [-0.2, 0) is 0 Å². The van der Waals surface area contributed by atoms with Crippen molar-refractivity contribution in [3.8, 4) is 0 Å². The van der Waals surface area contributed by atoms with Gasteiger partial charge in [-0.05, 0) is 40.9 Å². The van der Waals surface area contributed by atoms with Crippen LogP contribution in [0, 0.1) is 0 Å². The summed E-state index contributed by atoms with van der Waals surface area (Å²) in [5.74, 6) is -0.161. The maximum absolute atomic E-state index is 12.3. The number of halogens is 2. The molecular weight excluding hydrogens is 330 g/mol. The summed E-state index contributed by atoms with van der Waals surface area (Å²) in [7, 11) is 0. The fraction of sp³-hybridized carbons (Fsp3) is 0.231. The zero-order valence-electron chi connectivity index (χ0n) is 9.94. The zero-order chi connectivity index (χ0) is 13.4. The van der Waals surface area contributed by atoms with Gasteiger partial charge in [-0.2, -0.15) is 0 Å². The second-order valence-corrected chi connectivity index (χ2v) is 5.78. The third-order valence-electron chi connectivity index (χ3n) is 3.01. The number of carbonyl (C=O) groups excluding carboxylic acids is 1. The Hall–Kier alpha value is -1.33. The monoisotopic (exact) mass is 339 g/mol. The molecule has 1 aliphatic carbocycles. The molecule has 1 amide bonds. The Labute approximate surface area is 123 Å². The number of pyridine rings is 1. The minimum atomic E-state index is -0.161. The zero-order valence-corrected chi connectivity index (χ0v) is 12.3. The highest BCUT2D eigenvalue weighted by Crippen LogP contribution is 2.37. The Bertz CT molecular complexity index is 637. The first-order chi connectivity index (χ1) is 9.15. The highest BCUT2D eigenvalue weighted by molar-refractivity contribution is 9.10. The van der Waals surface area contributed by atoms with E-state index in [9.17, 15) is 4.79 Å². The van der Waals surface area contributed by atoms with Crippen molar-refractivity contribution in [2.45, 2.75) is 18.9 Å². The van der Waals surface area contributed by atoms with Crippen LogP contribution in [0.15, 0.2) is 35.2 Å². The van der Waals surface area contributed by atoms with Crippen molar-refractivity contribution in [3.63, 3.8) is 0 Å². The fourth-order valence-corrected chi connectivity index (χ4v) is 2.50. The van der Waals surface area contributed by atoms with E-state index < -0.39 is 0 Å². The van der Waals surface area contributed by atoms with Crippen LogP contribution < -0.4 is 5.32 Å². The summed E-state index contributed by atoms with van der Waals surface area (Å²) in [6, 6.07) is 3.85. The van der Waals surface area contributed by atoms with E-state index in [4.69, 9.17) is 11.6 Å². The van der Waals surface area contributed by atoms with Gasteiger partial charge in [0.15, 0.2) is 0 Å². The van der Waals surface area contributed by atoms with Gasteiger partial charge in [0.2, 0.25) is 0 Å². The number of hydrogen-bond acceptors (Lipinski definition) is 2. The topological polar surface area (TPSA) is 46.9 Å².